The van der Waals surface area contributed by atoms with E-state index in [0.717, 1.165) is 22.7 Å². The van der Waals surface area contributed by atoms with Crippen molar-refractivity contribution in [2.24, 2.45) is 0 Å². The Balaban J connectivity index is 1.94. The van der Waals surface area contributed by atoms with Gasteiger partial charge in [-0.3, -0.25) is 4.79 Å². The minimum atomic E-state index is -3.32. The van der Waals surface area contributed by atoms with Gasteiger partial charge in [0.15, 0.2) is 0 Å². The molecule has 0 radical (unpaired) electrons. The van der Waals surface area contributed by atoms with Crippen molar-refractivity contribution < 1.29 is 13.2 Å². The zero-order valence-electron chi connectivity index (χ0n) is 12.9. The van der Waals surface area contributed by atoms with E-state index in [1.807, 2.05) is 30.0 Å². The zero-order chi connectivity index (χ0) is 16.2. The Morgan fingerprint density at radius 1 is 1.32 bits per heavy atom. The average molecular weight is 342 g/mol. The molecule has 0 aliphatic carbocycles. The molecule has 0 saturated carbocycles. The number of carbonyl (C=O) groups excluding carboxylic acids is 1. The number of benzene rings is 1. The van der Waals surface area contributed by atoms with Crippen molar-refractivity contribution in [1.82, 2.24) is 9.21 Å². The largest absolute Gasteiger partial charge is 0.341 e. The number of likely N-dealkylation sites (N-methyl/N-ethyl adjacent to an activating group) is 1. The Labute approximate surface area is 136 Å². The third kappa shape index (κ3) is 4.72. The van der Waals surface area contributed by atoms with Crippen molar-refractivity contribution in [3.05, 3.63) is 35.9 Å². The summed E-state index contributed by atoms with van der Waals surface area (Å²) in [5, 5.41) is 0.395. The van der Waals surface area contributed by atoms with Crippen LogP contribution in [-0.2, 0) is 14.8 Å². The molecule has 1 saturated heterocycles. The molecule has 1 amide bonds. The molecule has 122 valence electrons. The van der Waals surface area contributed by atoms with Crippen molar-refractivity contribution in [3.63, 3.8) is 0 Å². The molecule has 1 aromatic rings. The lowest BCUT2D eigenvalue weighted by atomic mass is 10.1. The van der Waals surface area contributed by atoms with Crippen molar-refractivity contribution >= 4 is 27.7 Å². The van der Waals surface area contributed by atoms with Gasteiger partial charge < -0.3 is 4.90 Å². The Morgan fingerprint density at radius 2 is 2.00 bits per heavy atom. The molecule has 1 aliphatic heterocycles. The van der Waals surface area contributed by atoms with E-state index in [1.54, 1.807) is 4.90 Å². The van der Waals surface area contributed by atoms with E-state index in [2.05, 4.69) is 12.1 Å². The van der Waals surface area contributed by atoms with Crippen LogP contribution in [0.2, 0.25) is 0 Å². The van der Waals surface area contributed by atoms with Crippen LogP contribution in [0.25, 0.3) is 0 Å². The molecule has 0 N–H and O–H groups in total. The molecule has 1 fully saturated rings. The van der Waals surface area contributed by atoms with E-state index < -0.39 is 10.0 Å². The highest BCUT2D eigenvalue weighted by atomic mass is 32.2. The van der Waals surface area contributed by atoms with Crippen LogP contribution in [0, 0.1) is 0 Å². The molecule has 22 heavy (non-hydrogen) atoms. The second-order valence-corrected chi connectivity index (χ2v) is 8.86. The second-order valence-electron chi connectivity index (χ2n) is 5.46. The van der Waals surface area contributed by atoms with Gasteiger partial charge in [0.05, 0.1) is 12.8 Å². The van der Waals surface area contributed by atoms with Gasteiger partial charge >= 0.3 is 0 Å². The fraction of sp³-hybridized carbons (Fsp3) is 0.533. The summed E-state index contributed by atoms with van der Waals surface area (Å²) in [6.45, 7) is 1.26. The molecule has 1 heterocycles. The maximum absolute atomic E-state index is 12.3. The van der Waals surface area contributed by atoms with Gasteiger partial charge in [0.1, 0.15) is 0 Å². The summed E-state index contributed by atoms with van der Waals surface area (Å²) in [6, 6.07) is 10.3. The standard InChI is InChI=1S/C15H22N2O3S2/c1-16(22(2,19)20)12-15(18)17-9-8-14(21-11-10-17)13-6-4-3-5-7-13/h3-7,14H,8-12H2,1-2H3/t14-/m1/s1. The van der Waals surface area contributed by atoms with E-state index in [9.17, 15) is 13.2 Å². The van der Waals surface area contributed by atoms with Crippen molar-refractivity contribution in [2.45, 2.75) is 11.7 Å². The van der Waals surface area contributed by atoms with Crippen LogP contribution in [0.15, 0.2) is 30.3 Å². The smallest absolute Gasteiger partial charge is 0.237 e. The molecular formula is C15H22N2O3S2. The maximum Gasteiger partial charge on any atom is 0.237 e. The number of amides is 1. The van der Waals surface area contributed by atoms with E-state index in [1.165, 1.54) is 12.6 Å². The molecule has 0 unspecified atom stereocenters. The Morgan fingerprint density at radius 3 is 2.64 bits per heavy atom. The van der Waals surface area contributed by atoms with Crippen LogP contribution in [0.5, 0.6) is 0 Å². The van der Waals surface area contributed by atoms with Crippen LogP contribution in [0.3, 0.4) is 0 Å². The molecule has 1 aromatic carbocycles. The number of sulfonamides is 1. The normalized spacial score (nSPS) is 20.0. The maximum atomic E-state index is 12.3. The van der Waals surface area contributed by atoms with Crippen molar-refractivity contribution in [2.75, 3.05) is 38.7 Å². The fourth-order valence-electron chi connectivity index (χ4n) is 2.36. The highest BCUT2D eigenvalue weighted by Gasteiger charge is 2.24. The Bertz CT molecular complexity index is 604. The first-order valence-electron chi connectivity index (χ1n) is 7.23. The minimum absolute atomic E-state index is 0.0838. The first kappa shape index (κ1) is 17.3. The topological polar surface area (TPSA) is 57.7 Å². The molecule has 7 heteroatoms. The summed E-state index contributed by atoms with van der Waals surface area (Å²) in [5.41, 5.74) is 1.29. The molecule has 5 nitrogen and oxygen atoms in total. The van der Waals surface area contributed by atoms with Crippen LogP contribution < -0.4 is 0 Å². The van der Waals surface area contributed by atoms with E-state index in [0.29, 0.717) is 18.3 Å². The number of rotatable bonds is 4. The summed E-state index contributed by atoms with van der Waals surface area (Å²) in [6.07, 6.45) is 2.01. The van der Waals surface area contributed by atoms with Gasteiger partial charge in [-0.2, -0.15) is 16.1 Å². The predicted molar refractivity (Wildman–Crippen MR) is 90.3 cm³/mol. The Hall–Kier alpha value is -1.05. The quantitative estimate of drug-likeness (QED) is 0.834. The van der Waals surface area contributed by atoms with Crippen LogP contribution in [-0.4, -0.2) is 62.2 Å². The lowest BCUT2D eigenvalue weighted by Crippen LogP contribution is -2.41. The van der Waals surface area contributed by atoms with Crippen LogP contribution in [0.4, 0.5) is 0 Å². The van der Waals surface area contributed by atoms with Gasteiger partial charge in [-0.05, 0) is 12.0 Å². The number of nitrogens with zero attached hydrogens (tertiary/aromatic N) is 2. The van der Waals surface area contributed by atoms with Gasteiger partial charge in [0, 0.05) is 31.1 Å². The first-order chi connectivity index (χ1) is 10.4. The van der Waals surface area contributed by atoms with Gasteiger partial charge in [0.2, 0.25) is 15.9 Å². The molecule has 1 aliphatic rings. The van der Waals surface area contributed by atoms with Gasteiger partial charge in [-0.15, -0.1) is 0 Å². The molecule has 2 rings (SSSR count). The highest BCUT2D eigenvalue weighted by molar-refractivity contribution is 7.99. The summed E-state index contributed by atoms with van der Waals surface area (Å²) < 4.78 is 23.9. The van der Waals surface area contributed by atoms with Gasteiger partial charge in [-0.25, -0.2) is 8.42 Å². The first-order valence-corrected chi connectivity index (χ1v) is 10.1. The molecular weight excluding hydrogens is 320 g/mol. The van der Waals surface area contributed by atoms with Crippen molar-refractivity contribution in [3.8, 4) is 0 Å². The van der Waals surface area contributed by atoms with Crippen LogP contribution in [0.1, 0.15) is 17.2 Å². The SMILES string of the molecule is CN(CC(=O)N1CCS[C@@H](c2ccccc2)CC1)S(C)(=O)=O. The van der Waals surface area contributed by atoms with Gasteiger partial charge in [-0.1, -0.05) is 30.3 Å². The number of hydrogen-bond acceptors (Lipinski definition) is 4. The van der Waals surface area contributed by atoms with Gasteiger partial charge in [0.25, 0.3) is 0 Å². The molecule has 0 spiro atoms. The fourth-order valence-corrected chi connectivity index (χ4v) is 3.94. The molecule has 1 atom stereocenters. The third-order valence-corrected chi connectivity index (χ3v) is 6.38. The second kappa shape index (κ2) is 7.48. The lowest BCUT2D eigenvalue weighted by Gasteiger charge is -2.23. The minimum Gasteiger partial charge on any atom is -0.341 e. The number of carbonyl (C=O) groups is 1. The lowest BCUT2D eigenvalue weighted by molar-refractivity contribution is -0.130. The van der Waals surface area contributed by atoms with Crippen molar-refractivity contribution in [1.29, 1.82) is 0 Å². The third-order valence-electron chi connectivity index (χ3n) is 3.79. The monoisotopic (exact) mass is 342 g/mol. The Kier molecular flexibility index (Phi) is 5.88. The van der Waals surface area contributed by atoms with E-state index in [-0.39, 0.29) is 12.5 Å². The van der Waals surface area contributed by atoms with E-state index in [4.69, 9.17) is 0 Å². The van der Waals surface area contributed by atoms with E-state index >= 15 is 0 Å². The number of hydrogen-bond donors (Lipinski definition) is 0. The molecule has 0 bridgehead atoms. The summed E-state index contributed by atoms with van der Waals surface area (Å²) >= 11 is 1.86. The summed E-state index contributed by atoms with van der Waals surface area (Å²) in [5.74, 6) is 0.746. The predicted octanol–water partition coefficient (Wildman–Crippen LogP) is 1.58. The molecule has 0 aromatic heterocycles. The summed E-state index contributed by atoms with van der Waals surface area (Å²) in [4.78, 5) is 14.0. The average Bonchev–Trinajstić information content (AvgIpc) is 2.73. The van der Waals surface area contributed by atoms with Crippen LogP contribution >= 0.6 is 11.8 Å². The zero-order valence-corrected chi connectivity index (χ0v) is 14.6. The highest BCUT2D eigenvalue weighted by Crippen LogP contribution is 2.34. The summed E-state index contributed by atoms with van der Waals surface area (Å²) in [7, 11) is -1.88. The number of thioether (sulfide) groups is 1.